The number of likely N-dealkylation sites (tertiary alicyclic amines) is 1. The molecule has 1 fully saturated rings. The first-order chi connectivity index (χ1) is 14.1. The van der Waals surface area contributed by atoms with Crippen molar-refractivity contribution < 1.29 is 9.53 Å². The second-order valence-electron chi connectivity index (χ2n) is 8.04. The van der Waals surface area contributed by atoms with Crippen molar-refractivity contribution in [1.82, 2.24) is 19.8 Å². The van der Waals surface area contributed by atoms with Crippen molar-refractivity contribution in [3.63, 3.8) is 0 Å². The van der Waals surface area contributed by atoms with E-state index in [-0.39, 0.29) is 5.91 Å². The first kappa shape index (κ1) is 19.8. The summed E-state index contributed by atoms with van der Waals surface area (Å²) in [4.78, 5) is 25.6. The molecule has 0 unspecified atom stereocenters. The van der Waals surface area contributed by atoms with Gasteiger partial charge in [0.25, 0.3) is 0 Å². The lowest BCUT2D eigenvalue weighted by atomic mass is 9.96. The van der Waals surface area contributed by atoms with Crippen LogP contribution in [0, 0.1) is 0 Å². The molecule has 4 rings (SSSR count). The highest BCUT2D eigenvalue weighted by atomic mass is 16.5. The molecule has 0 spiro atoms. The van der Waals surface area contributed by atoms with Gasteiger partial charge in [-0.1, -0.05) is 12.1 Å². The number of amides is 1. The van der Waals surface area contributed by atoms with Crippen molar-refractivity contribution in [2.24, 2.45) is 0 Å². The van der Waals surface area contributed by atoms with Gasteiger partial charge in [0.1, 0.15) is 11.6 Å². The third kappa shape index (κ3) is 4.75. The van der Waals surface area contributed by atoms with E-state index in [1.54, 1.807) is 6.92 Å². The Morgan fingerprint density at radius 1 is 1.24 bits per heavy atom. The van der Waals surface area contributed by atoms with Crippen LogP contribution in [-0.2, 0) is 24.3 Å². The van der Waals surface area contributed by atoms with Crippen LogP contribution in [0.25, 0.3) is 0 Å². The lowest BCUT2D eigenvalue weighted by molar-refractivity contribution is -0.129. The smallest absolute Gasteiger partial charge is 0.219 e. The minimum absolute atomic E-state index is 0.122. The molecule has 154 valence electrons. The Labute approximate surface area is 172 Å². The molecule has 2 aliphatic heterocycles. The number of nitrogens with zero attached hydrogens (tertiary/aromatic N) is 4. The number of hydrogen-bond donors (Lipinski definition) is 0. The van der Waals surface area contributed by atoms with E-state index in [4.69, 9.17) is 14.7 Å². The molecule has 1 saturated heterocycles. The molecule has 0 bridgehead atoms. The molecular weight excluding hydrogens is 364 g/mol. The molecule has 3 heterocycles. The second-order valence-corrected chi connectivity index (χ2v) is 8.04. The van der Waals surface area contributed by atoms with Crippen LogP contribution in [-0.4, -0.2) is 51.9 Å². The van der Waals surface area contributed by atoms with Crippen molar-refractivity contribution in [2.75, 3.05) is 26.2 Å². The number of fused-ring (bicyclic) bond motifs is 1. The summed E-state index contributed by atoms with van der Waals surface area (Å²) in [6.07, 6.45) is 5.07. The summed E-state index contributed by atoms with van der Waals surface area (Å²) in [5.74, 6) is 2.40. The number of piperidine rings is 1. The van der Waals surface area contributed by atoms with E-state index >= 15 is 0 Å². The normalized spacial score (nSPS) is 19.7. The van der Waals surface area contributed by atoms with Crippen LogP contribution >= 0.6 is 0 Å². The van der Waals surface area contributed by atoms with Gasteiger partial charge in [0.15, 0.2) is 0 Å². The summed E-state index contributed by atoms with van der Waals surface area (Å²) in [7, 11) is 0. The number of aromatic nitrogens is 2. The number of carbonyl (C=O) groups excluding carboxylic acids is 1. The van der Waals surface area contributed by atoms with E-state index in [1.807, 2.05) is 18.0 Å². The molecule has 1 atom stereocenters. The molecule has 29 heavy (non-hydrogen) atoms. The van der Waals surface area contributed by atoms with E-state index in [0.29, 0.717) is 19.1 Å². The average molecular weight is 395 g/mol. The third-order valence-electron chi connectivity index (χ3n) is 5.91. The molecule has 6 nitrogen and oxygen atoms in total. The standard InChI is InChI=1S/C23H30N4O2/c1-3-29-21-8-6-18(7-9-21)14-26-11-4-5-19(15-26)23-24-13-20-16-27(17(2)28)12-10-22(20)25-23/h6-9,13,19H,3-5,10-12,14-16H2,1-2H3/t19-/m1/s1. The Morgan fingerprint density at radius 3 is 2.83 bits per heavy atom. The van der Waals surface area contributed by atoms with Crippen LogP contribution in [0.5, 0.6) is 5.75 Å². The van der Waals surface area contributed by atoms with E-state index in [0.717, 1.165) is 61.9 Å². The maximum atomic E-state index is 11.6. The zero-order chi connectivity index (χ0) is 20.2. The Morgan fingerprint density at radius 2 is 2.07 bits per heavy atom. The van der Waals surface area contributed by atoms with E-state index in [1.165, 1.54) is 12.0 Å². The third-order valence-corrected chi connectivity index (χ3v) is 5.91. The van der Waals surface area contributed by atoms with Crippen LogP contribution in [0.4, 0.5) is 0 Å². The molecule has 2 aromatic rings. The fourth-order valence-corrected chi connectivity index (χ4v) is 4.32. The second kappa shape index (κ2) is 8.91. The van der Waals surface area contributed by atoms with E-state index < -0.39 is 0 Å². The number of rotatable bonds is 5. The minimum Gasteiger partial charge on any atom is -0.494 e. The van der Waals surface area contributed by atoms with Gasteiger partial charge in [-0.15, -0.1) is 0 Å². The first-order valence-electron chi connectivity index (χ1n) is 10.7. The van der Waals surface area contributed by atoms with Gasteiger partial charge in [-0.05, 0) is 44.0 Å². The topological polar surface area (TPSA) is 58.6 Å². The number of benzene rings is 1. The van der Waals surface area contributed by atoms with Gasteiger partial charge in [0.05, 0.1) is 12.3 Å². The predicted octanol–water partition coefficient (Wildman–Crippen LogP) is 3.16. The quantitative estimate of drug-likeness (QED) is 0.780. The molecule has 0 saturated carbocycles. The largest absolute Gasteiger partial charge is 0.494 e. The molecule has 1 aromatic heterocycles. The average Bonchev–Trinajstić information content (AvgIpc) is 2.75. The molecule has 6 heteroatoms. The molecule has 2 aliphatic rings. The summed E-state index contributed by atoms with van der Waals surface area (Å²) in [6, 6.07) is 8.42. The fourth-order valence-electron chi connectivity index (χ4n) is 4.32. The van der Waals surface area contributed by atoms with Gasteiger partial charge in [0.2, 0.25) is 5.91 Å². The van der Waals surface area contributed by atoms with Crippen LogP contribution < -0.4 is 4.74 Å². The van der Waals surface area contributed by atoms with Crippen LogP contribution in [0.1, 0.15) is 55.3 Å². The summed E-state index contributed by atoms with van der Waals surface area (Å²) < 4.78 is 5.54. The van der Waals surface area contributed by atoms with Crippen LogP contribution in [0.15, 0.2) is 30.5 Å². The molecule has 1 amide bonds. The zero-order valence-corrected chi connectivity index (χ0v) is 17.4. The zero-order valence-electron chi connectivity index (χ0n) is 17.4. The van der Waals surface area contributed by atoms with Gasteiger partial charge >= 0.3 is 0 Å². The maximum absolute atomic E-state index is 11.6. The molecule has 0 aliphatic carbocycles. The lowest BCUT2D eigenvalue weighted by Crippen LogP contribution is -2.36. The van der Waals surface area contributed by atoms with Gasteiger partial charge in [-0.2, -0.15) is 0 Å². The number of hydrogen-bond acceptors (Lipinski definition) is 5. The van der Waals surface area contributed by atoms with Gasteiger partial charge in [-0.25, -0.2) is 9.97 Å². The van der Waals surface area contributed by atoms with Crippen LogP contribution in [0.2, 0.25) is 0 Å². The number of carbonyl (C=O) groups is 1. The van der Waals surface area contributed by atoms with Gasteiger partial charge < -0.3 is 9.64 Å². The molecular formula is C23H30N4O2. The summed E-state index contributed by atoms with van der Waals surface area (Å²) in [6.45, 7) is 8.77. The Hall–Kier alpha value is -2.47. The highest BCUT2D eigenvalue weighted by Crippen LogP contribution is 2.27. The first-order valence-corrected chi connectivity index (χ1v) is 10.7. The van der Waals surface area contributed by atoms with Crippen LogP contribution in [0.3, 0.4) is 0 Å². The molecule has 0 radical (unpaired) electrons. The lowest BCUT2D eigenvalue weighted by Gasteiger charge is -2.33. The Kier molecular flexibility index (Phi) is 6.09. The monoisotopic (exact) mass is 394 g/mol. The number of ether oxygens (including phenoxy) is 1. The molecule has 0 N–H and O–H groups in total. The van der Waals surface area contributed by atoms with Crippen molar-refractivity contribution in [2.45, 2.75) is 52.1 Å². The van der Waals surface area contributed by atoms with Crippen molar-refractivity contribution in [3.8, 4) is 5.75 Å². The van der Waals surface area contributed by atoms with Crippen molar-refractivity contribution in [3.05, 3.63) is 53.1 Å². The Balaban J connectivity index is 1.40. The summed E-state index contributed by atoms with van der Waals surface area (Å²) in [5, 5.41) is 0. The SMILES string of the molecule is CCOc1ccc(CN2CCC[C@@H](c3ncc4c(n3)CCN(C(C)=O)C4)C2)cc1. The highest BCUT2D eigenvalue weighted by molar-refractivity contribution is 5.73. The van der Waals surface area contributed by atoms with Crippen molar-refractivity contribution in [1.29, 1.82) is 0 Å². The maximum Gasteiger partial charge on any atom is 0.219 e. The fraction of sp³-hybridized carbons (Fsp3) is 0.522. The van der Waals surface area contributed by atoms with E-state index in [2.05, 4.69) is 29.2 Å². The highest BCUT2D eigenvalue weighted by Gasteiger charge is 2.26. The Bertz CT molecular complexity index is 852. The predicted molar refractivity (Wildman–Crippen MR) is 112 cm³/mol. The van der Waals surface area contributed by atoms with Gasteiger partial charge in [-0.3, -0.25) is 9.69 Å². The van der Waals surface area contributed by atoms with E-state index in [9.17, 15) is 4.79 Å². The van der Waals surface area contributed by atoms with Crippen molar-refractivity contribution >= 4 is 5.91 Å². The summed E-state index contributed by atoms with van der Waals surface area (Å²) in [5.41, 5.74) is 3.53. The van der Waals surface area contributed by atoms with Gasteiger partial charge in [0, 0.05) is 57.2 Å². The summed E-state index contributed by atoms with van der Waals surface area (Å²) >= 11 is 0. The molecule has 1 aromatic carbocycles. The minimum atomic E-state index is 0.122.